The van der Waals surface area contributed by atoms with Gasteiger partial charge >= 0.3 is 0 Å². The van der Waals surface area contributed by atoms with Crippen molar-refractivity contribution in [2.24, 2.45) is 0 Å². The normalized spacial score (nSPS) is 12.8. The Morgan fingerprint density at radius 3 is 1.81 bits per heavy atom. The summed E-state index contributed by atoms with van der Waals surface area (Å²) in [7, 11) is 0. The third-order valence-corrected chi connectivity index (χ3v) is 3.21. The number of nitrogens with one attached hydrogen (secondary N) is 1. The van der Waals surface area contributed by atoms with Gasteiger partial charge in [0.2, 0.25) is 0 Å². The van der Waals surface area contributed by atoms with Crippen molar-refractivity contribution in [3.05, 3.63) is 78.4 Å². The number of imidazole rings is 1. The molecular formula is C17H12N2O2. The van der Waals surface area contributed by atoms with Gasteiger partial charge in [0.05, 0.1) is 6.33 Å². The van der Waals surface area contributed by atoms with Crippen molar-refractivity contribution < 1.29 is 9.59 Å². The number of rotatable bonds is 0. The molecule has 1 aliphatic rings. The van der Waals surface area contributed by atoms with Crippen molar-refractivity contribution in [2.75, 3.05) is 0 Å². The predicted molar refractivity (Wildman–Crippen MR) is 80.3 cm³/mol. The standard InChI is InChI=1S/C14H8O2.C3H4N2/c15-13-5-6-14(16)12-8-10-4-2-1-3-9(10)7-11(12)13;1-2-5-3-4-1/h1-8H;1-3H,(H,4,5). The fourth-order valence-corrected chi connectivity index (χ4v) is 2.19. The highest BCUT2D eigenvalue weighted by Gasteiger charge is 2.19. The average molecular weight is 276 g/mol. The zero-order valence-electron chi connectivity index (χ0n) is 11.1. The maximum atomic E-state index is 11.6. The topological polar surface area (TPSA) is 62.8 Å². The van der Waals surface area contributed by atoms with Crippen LogP contribution in [0.3, 0.4) is 0 Å². The number of ketones is 2. The Bertz CT molecular complexity index is 759. The van der Waals surface area contributed by atoms with Crippen LogP contribution in [0.2, 0.25) is 0 Å². The van der Waals surface area contributed by atoms with Gasteiger partial charge in [-0.1, -0.05) is 24.3 Å². The third-order valence-electron chi connectivity index (χ3n) is 3.21. The molecule has 4 nitrogen and oxygen atoms in total. The minimum atomic E-state index is -0.0969. The Balaban J connectivity index is 0.000000225. The Labute approximate surface area is 121 Å². The average Bonchev–Trinajstić information content (AvgIpc) is 3.09. The molecule has 102 valence electrons. The number of fused-ring (bicyclic) bond motifs is 2. The summed E-state index contributed by atoms with van der Waals surface area (Å²) >= 11 is 0. The van der Waals surface area contributed by atoms with Crippen LogP contribution in [0.4, 0.5) is 0 Å². The second-order valence-corrected chi connectivity index (χ2v) is 4.57. The van der Waals surface area contributed by atoms with Crippen molar-refractivity contribution in [2.45, 2.75) is 0 Å². The number of aromatic amines is 1. The number of hydrogen-bond acceptors (Lipinski definition) is 3. The molecule has 0 radical (unpaired) electrons. The van der Waals surface area contributed by atoms with Crippen LogP contribution in [0, 0.1) is 0 Å². The van der Waals surface area contributed by atoms with E-state index in [2.05, 4.69) is 9.97 Å². The molecule has 3 aromatic rings. The zero-order chi connectivity index (χ0) is 14.7. The molecule has 0 amide bonds. The first-order chi connectivity index (χ1) is 10.3. The number of carbonyl (C=O) groups excluding carboxylic acids is 2. The molecule has 0 saturated carbocycles. The number of nitrogens with zero attached hydrogens (tertiary/aromatic N) is 1. The van der Waals surface area contributed by atoms with E-state index in [1.54, 1.807) is 30.9 Å². The first-order valence-electron chi connectivity index (χ1n) is 6.48. The van der Waals surface area contributed by atoms with Crippen LogP contribution >= 0.6 is 0 Å². The van der Waals surface area contributed by atoms with E-state index in [0.717, 1.165) is 10.8 Å². The van der Waals surface area contributed by atoms with Gasteiger partial charge in [-0.15, -0.1) is 0 Å². The Kier molecular flexibility index (Phi) is 3.43. The maximum Gasteiger partial charge on any atom is 0.186 e. The molecule has 0 spiro atoms. The molecular weight excluding hydrogens is 264 g/mol. The summed E-state index contributed by atoms with van der Waals surface area (Å²) in [5.41, 5.74) is 1.01. The number of carbonyl (C=O) groups is 2. The molecule has 0 atom stereocenters. The Morgan fingerprint density at radius 2 is 1.43 bits per heavy atom. The lowest BCUT2D eigenvalue weighted by Crippen LogP contribution is -2.11. The summed E-state index contributed by atoms with van der Waals surface area (Å²) in [6, 6.07) is 11.3. The SMILES string of the molecule is O=C1C=CC(=O)c2cc3ccccc3cc21.c1c[nH]cn1. The van der Waals surface area contributed by atoms with Crippen molar-refractivity contribution in [1.29, 1.82) is 0 Å². The van der Waals surface area contributed by atoms with E-state index in [9.17, 15) is 9.59 Å². The lowest BCUT2D eigenvalue weighted by molar-refractivity contribution is 0.0994. The van der Waals surface area contributed by atoms with Crippen LogP contribution in [0.25, 0.3) is 10.8 Å². The van der Waals surface area contributed by atoms with Crippen LogP contribution in [-0.2, 0) is 0 Å². The monoisotopic (exact) mass is 276 g/mol. The van der Waals surface area contributed by atoms with E-state index in [1.807, 2.05) is 24.3 Å². The number of H-pyrrole nitrogens is 1. The highest BCUT2D eigenvalue weighted by Crippen LogP contribution is 2.23. The minimum absolute atomic E-state index is 0.0969. The van der Waals surface area contributed by atoms with Crippen molar-refractivity contribution in [1.82, 2.24) is 9.97 Å². The van der Waals surface area contributed by atoms with Crippen molar-refractivity contribution in [3.63, 3.8) is 0 Å². The molecule has 1 heterocycles. The second kappa shape index (κ2) is 5.54. The molecule has 0 saturated heterocycles. The molecule has 4 heteroatoms. The van der Waals surface area contributed by atoms with Crippen LogP contribution in [0.1, 0.15) is 20.7 Å². The molecule has 0 unspecified atom stereocenters. The molecule has 0 aliphatic heterocycles. The summed E-state index contributed by atoms with van der Waals surface area (Å²) in [6.45, 7) is 0. The molecule has 0 fully saturated rings. The summed E-state index contributed by atoms with van der Waals surface area (Å²) in [5.74, 6) is -0.194. The summed E-state index contributed by atoms with van der Waals surface area (Å²) in [5, 5.41) is 1.97. The van der Waals surface area contributed by atoms with Crippen LogP contribution in [0.15, 0.2) is 67.3 Å². The molecule has 1 aromatic heterocycles. The molecule has 2 aromatic carbocycles. The smallest absolute Gasteiger partial charge is 0.186 e. The lowest BCUT2D eigenvalue weighted by atomic mass is 9.92. The lowest BCUT2D eigenvalue weighted by Gasteiger charge is -2.10. The largest absolute Gasteiger partial charge is 0.351 e. The Hall–Kier alpha value is -3.01. The van der Waals surface area contributed by atoms with Gasteiger partial charge in [-0.2, -0.15) is 0 Å². The van der Waals surface area contributed by atoms with Gasteiger partial charge in [-0.25, -0.2) is 4.98 Å². The molecule has 1 N–H and O–H groups in total. The van der Waals surface area contributed by atoms with E-state index >= 15 is 0 Å². The van der Waals surface area contributed by atoms with E-state index in [4.69, 9.17) is 0 Å². The summed E-state index contributed by atoms with van der Waals surface area (Å²) in [4.78, 5) is 29.7. The van der Waals surface area contributed by atoms with E-state index < -0.39 is 0 Å². The molecule has 1 aliphatic carbocycles. The zero-order valence-corrected chi connectivity index (χ0v) is 11.1. The van der Waals surface area contributed by atoms with E-state index in [0.29, 0.717) is 11.1 Å². The van der Waals surface area contributed by atoms with Crippen LogP contribution < -0.4 is 0 Å². The van der Waals surface area contributed by atoms with Gasteiger partial charge in [0.15, 0.2) is 11.6 Å². The third kappa shape index (κ3) is 2.65. The molecule has 0 bridgehead atoms. The van der Waals surface area contributed by atoms with Gasteiger partial charge in [-0.05, 0) is 35.1 Å². The van der Waals surface area contributed by atoms with Crippen LogP contribution in [-0.4, -0.2) is 21.5 Å². The van der Waals surface area contributed by atoms with E-state index in [1.165, 1.54) is 12.2 Å². The van der Waals surface area contributed by atoms with Crippen molar-refractivity contribution >= 4 is 22.3 Å². The first kappa shape index (κ1) is 13.0. The maximum absolute atomic E-state index is 11.6. The van der Waals surface area contributed by atoms with Gasteiger partial charge in [0, 0.05) is 23.5 Å². The highest BCUT2D eigenvalue weighted by molar-refractivity contribution is 6.23. The number of hydrogen-bond donors (Lipinski definition) is 1. The summed E-state index contributed by atoms with van der Waals surface area (Å²) in [6.07, 6.45) is 7.75. The number of aromatic nitrogens is 2. The quantitative estimate of drug-likeness (QED) is 0.686. The molecule has 21 heavy (non-hydrogen) atoms. The fraction of sp³-hybridized carbons (Fsp3) is 0. The van der Waals surface area contributed by atoms with Crippen molar-refractivity contribution in [3.8, 4) is 0 Å². The van der Waals surface area contributed by atoms with Gasteiger partial charge in [0.25, 0.3) is 0 Å². The molecule has 4 rings (SSSR count). The Morgan fingerprint density at radius 1 is 0.857 bits per heavy atom. The second-order valence-electron chi connectivity index (χ2n) is 4.57. The van der Waals surface area contributed by atoms with Crippen LogP contribution in [0.5, 0.6) is 0 Å². The predicted octanol–water partition coefficient (Wildman–Crippen LogP) is 3.18. The number of benzene rings is 2. The first-order valence-corrected chi connectivity index (χ1v) is 6.48. The van der Waals surface area contributed by atoms with E-state index in [-0.39, 0.29) is 11.6 Å². The highest BCUT2D eigenvalue weighted by atomic mass is 16.1. The van der Waals surface area contributed by atoms with Gasteiger partial charge in [0.1, 0.15) is 0 Å². The minimum Gasteiger partial charge on any atom is -0.351 e. The number of allylic oxidation sites excluding steroid dienone is 2. The summed E-state index contributed by atoms with van der Waals surface area (Å²) < 4.78 is 0. The van der Waals surface area contributed by atoms with Gasteiger partial charge in [-0.3, -0.25) is 9.59 Å². The van der Waals surface area contributed by atoms with Gasteiger partial charge < -0.3 is 4.98 Å². The fourth-order valence-electron chi connectivity index (χ4n) is 2.19.